The maximum Gasteiger partial charge on any atom is 0.253 e. The monoisotopic (exact) mass is 368 g/mol. The third-order valence-corrected chi connectivity index (χ3v) is 4.77. The molecular weight excluding hydrogens is 355 g/mol. The molecule has 0 N–H and O–H groups in total. The number of nitrogens with zero attached hydrogens (tertiary/aromatic N) is 2. The number of hydrogen-bond donors (Lipinski definition) is 0. The molecule has 23 heavy (non-hydrogen) atoms. The number of carbonyl (C=O) groups is 1. The van der Waals surface area contributed by atoms with Crippen molar-refractivity contribution in [3.8, 4) is 0 Å². The van der Waals surface area contributed by atoms with Crippen LogP contribution in [0.15, 0.2) is 42.5 Å². The zero-order valence-corrected chi connectivity index (χ0v) is 14.6. The van der Waals surface area contributed by atoms with E-state index in [0.717, 1.165) is 5.69 Å². The Bertz CT molecular complexity index is 690. The third-order valence-electron chi connectivity index (χ3n) is 3.91. The van der Waals surface area contributed by atoms with Crippen molar-refractivity contribution in [2.75, 3.05) is 31.1 Å². The van der Waals surface area contributed by atoms with Gasteiger partial charge in [0.05, 0.1) is 15.7 Å². The van der Waals surface area contributed by atoms with Gasteiger partial charge in [0.15, 0.2) is 0 Å². The lowest BCUT2D eigenvalue weighted by atomic mass is 10.1. The summed E-state index contributed by atoms with van der Waals surface area (Å²) in [6.07, 6.45) is 0. The SMILES string of the molecule is O=C(c1ccc(Cl)cc1)N1CCN(c2c(Cl)cccc2Cl)CC1. The van der Waals surface area contributed by atoms with Gasteiger partial charge in [-0.05, 0) is 36.4 Å². The van der Waals surface area contributed by atoms with E-state index in [9.17, 15) is 4.79 Å². The molecule has 3 nitrogen and oxygen atoms in total. The van der Waals surface area contributed by atoms with Crippen LogP contribution in [-0.4, -0.2) is 37.0 Å². The van der Waals surface area contributed by atoms with Crippen molar-refractivity contribution in [1.82, 2.24) is 4.90 Å². The van der Waals surface area contributed by atoms with Crippen LogP contribution in [0.4, 0.5) is 5.69 Å². The molecule has 120 valence electrons. The average Bonchev–Trinajstić information content (AvgIpc) is 2.55. The molecule has 0 saturated carbocycles. The van der Waals surface area contributed by atoms with Crippen LogP contribution in [0.25, 0.3) is 0 Å². The number of halogens is 3. The molecule has 0 unspecified atom stereocenters. The minimum absolute atomic E-state index is 0.0200. The molecule has 1 saturated heterocycles. The average molecular weight is 370 g/mol. The molecular formula is C17H15Cl3N2O. The Morgan fingerprint density at radius 1 is 0.826 bits per heavy atom. The van der Waals surface area contributed by atoms with Gasteiger partial charge in [0.2, 0.25) is 0 Å². The van der Waals surface area contributed by atoms with Crippen molar-refractivity contribution in [2.45, 2.75) is 0 Å². The third kappa shape index (κ3) is 3.57. The highest BCUT2D eigenvalue weighted by molar-refractivity contribution is 6.39. The molecule has 2 aromatic rings. The van der Waals surface area contributed by atoms with Gasteiger partial charge in [-0.2, -0.15) is 0 Å². The normalized spacial score (nSPS) is 14.9. The summed E-state index contributed by atoms with van der Waals surface area (Å²) < 4.78 is 0. The first kappa shape index (κ1) is 16.4. The van der Waals surface area contributed by atoms with Crippen molar-refractivity contribution in [1.29, 1.82) is 0 Å². The highest BCUT2D eigenvalue weighted by atomic mass is 35.5. The van der Waals surface area contributed by atoms with Gasteiger partial charge in [-0.1, -0.05) is 40.9 Å². The summed E-state index contributed by atoms with van der Waals surface area (Å²) in [6, 6.07) is 12.4. The smallest absolute Gasteiger partial charge is 0.253 e. The van der Waals surface area contributed by atoms with E-state index in [1.165, 1.54) is 0 Å². The number of para-hydroxylation sites is 1. The molecule has 1 aliphatic rings. The zero-order chi connectivity index (χ0) is 16.4. The van der Waals surface area contributed by atoms with Crippen LogP contribution < -0.4 is 4.90 Å². The fraction of sp³-hybridized carbons (Fsp3) is 0.235. The molecule has 6 heteroatoms. The van der Waals surface area contributed by atoms with Crippen LogP contribution in [0.1, 0.15) is 10.4 Å². The molecule has 0 spiro atoms. The first-order valence-corrected chi connectivity index (χ1v) is 8.43. The first-order chi connectivity index (χ1) is 11.1. The standard InChI is InChI=1S/C17H15Cl3N2O/c18-13-6-4-12(5-7-13)17(23)22-10-8-21(9-11-22)16-14(19)2-1-3-15(16)20/h1-7H,8-11H2. The molecule has 0 radical (unpaired) electrons. The van der Waals surface area contributed by atoms with Gasteiger partial charge in [0, 0.05) is 36.8 Å². The van der Waals surface area contributed by atoms with Gasteiger partial charge >= 0.3 is 0 Å². The van der Waals surface area contributed by atoms with Gasteiger partial charge in [-0.3, -0.25) is 4.79 Å². The number of rotatable bonds is 2. The zero-order valence-electron chi connectivity index (χ0n) is 12.3. The van der Waals surface area contributed by atoms with E-state index in [1.54, 1.807) is 24.3 Å². The van der Waals surface area contributed by atoms with Gasteiger partial charge in [0.1, 0.15) is 0 Å². The number of carbonyl (C=O) groups excluding carboxylic acids is 1. The van der Waals surface area contributed by atoms with Crippen LogP contribution in [-0.2, 0) is 0 Å². The number of benzene rings is 2. The van der Waals surface area contributed by atoms with E-state index in [-0.39, 0.29) is 5.91 Å². The molecule has 1 aliphatic heterocycles. The Hall–Kier alpha value is -1.42. The lowest BCUT2D eigenvalue weighted by molar-refractivity contribution is 0.0747. The second-order valence-corrected chi connectivity index (χ2v) is 6.61. The lowest BCUT2D eigenvalue weighted by Crippen LogP contribution is -2.49. The summed E-state index contributed by atoms with van der Waals surface area (Å²) in [7, 11) is 0. The summed E-state index contributed by atoms with van der Waals surface area (Å²) >= 11 is 18.4. The topological polar surface area (TPSA) is 23.6 Å². The fourth-order valence-corrected chi connectivity index (χ4v) is 3.46. The molecule has 1 heterocycles. The lowest BCUT2D eigenvalue weighted by Gasteiger charge is -2.36. The summed E-state index contributed by atoms with van der Waals surface area (Å²) in [5, 5.41) is 1.89. The van der Waals surface area contributed by atoms with Crippen LogP contribution in [0.2, 0.25) is 15.1 Å². The van der Waals surface area contributed by atoms with Crippen molar-refractivity contribution >= 4 is 46.4 Å². The quantitative estimate of drug-likeness (QED) is 0.772. The molecule has 3 rings (SSSR count). The molecule has 0 aromatic heterocycles. The Morgan fingerprint density at radius 3 is 1.96 bits per heavy atom. The molecule has 0 bridgehead atoms. The number of hydrogen-bond acceptors (Lipinski definition) is 2. The molecule has 2 aromatic carbocycles. The summed E-state index contributed by atoms with van der Waals surface area (Å²) in [4.78, 5) is 16.5. The largest absolute Gasteiger partial charge is 0.366 e. The van der Waals surface area contributed by atoms with Crippen molar-refractivity contribution < 1.29 is 4.79 Å². The highest BCUT2D eigenvalue weighted by Gasteiger charge is 2.24. The van der Waals surface area contributed by atoms with Crippen LogP contribution in [0, 0.1) is 0 Å². The van der Waals surface area contributed by atoms with E-state index in [4.69, 9.17) is 34.8 Å². The Kier molecular flexibility index (Phi) is 5.00. The maximum absolute atomic E-state index is 12.5. The molecule has 0 aliphatic carbocycles. The Morgan fingerprint density at radius 2 is 1.39 bits per heavy atom. The van der Waals surface area contributed by atoms with Gasteiger partial charge < -0.3 is 9.80 Å². The van der Waals surface area contributed by atoms with Crippen molar-refractivity contribution in [3.63, 3.8) is 0 Å². The van der Waals surface area contributed by atoms with Crippen LogP contribution in [0.5, 0.6) is 0 Å². The second kappa shape index (κ2) is 7.00. The predicted molar refractivity (Wildman–Crippen MR) is 96.0 cm³/mol. The van der Waals surface area contributed by atoms with Gasteiger partial charge in [-0.15, -0.1) is 0 Å². The first-order valence-electron chi connectivity index (χ1n) is 7.30. The number of anilines is 1. The van der Waals surface area contributed by atoms with E-state index in [1.807, 2.05) is 23.1 Å². The van der Waals surface area contributed by atoms with Crippen molar-refractivity contribution in [3.05, 3.63) is 63.1 Å². The van der Waals surface area contributed by atoms with Gasteiger partial charge in [-0.25, -0.2) is 0 Å². The maximum atomic E-state index is 12.5. The van der Waals surface area contributed by atoms with Crippen molar-refractivity contribution in [2.24, 2.45) is 0 Å². The summed E-state index contributed by atoms with van der Waals surface area (Å²) in [6.45, 7) is 2.65. The highest BCUT2D eigenvalue weighted by Crippen LogP contribution is 2.34. The van der Waals surface area contributed by atoms with E-state index in [2.05, 4.69) is 4.90 Å². The number of amides is 1. The van der Waals surface area contributed by atoms with Gasteiger partial charge in [0.25, 0.3) is 5.91 Å². The van der Waals surface area contributed by atoms with E-state index in [0.29, 0.717) is 46.8 Å². The second-order valence-electron chi connectivity index (χ2n) is 5.36. The van der Waals surface area contributed by atoms with Crippen LogP contribution in [0.3, 0.4) is 0 Å². The Labute approximate surface area is 150 Å². The summed E-state index contributed by atoms with van der Waals surface area (Å²) in [5.41, 5.74) is 1.49. The predicted octanol–water partition coefficient (Wildman–Crippen LogP) is 4.61. The molecule has 1 fully saturated rings. The fourth-order valence-electron chi connectivity index (χ4n) is 2.70. The minimum Gasteiger partial charge on any atom is -0.366 e. The van der Waals surface area contributed by atoms with Crippen LogP contribution >= 0.6 is 34.8 Å². The summed E-state index contributed by atoms with van der Waals surface area (Å²) in [5.74, 6) is 0.0200. The Balaban J connectivity index is 1.69. The molecule has 0 atom stereocenters. The van der Waals surface area contributed by atoms with E-state index < -0.39 is 0 Å². The number of piperazine rings is 1. The molecule has 1 amide bonds. The minimum atomic E-state index is 0.0200. The van der Waals surface area contributed by atoms with E-state index >= 15 is 0 Å².